The molecule has 1 aliphatic heterocycles. The molecule has 0 spiro atoms. The highest BCUT2D eigenvalue weighted by Gasteiger charge is 2.28. The highest BCUT2D eigenvalue weighted by Crippen LogP contribution is 2.39. The molecule has 4 nitrogen and oxygen atoms in total. The van der Waals surface area contributed by atoms with Crippen LogP contribution in [0, 0.1) is 0 Å². The number of anilines is 1. The quantitative estimate of drug-likeness (QED) is 0.920. The van der Waals surface area contributed by atoms with E-state index in [4.69, 9.17) is 9.84 Å². The molecule has 0 amide bonds. The topological polar surface area (TPSA) is 49.8 Å². The fourth-order valence-corrected chi connectivity index (χ4v) is 2.68. The maximum atomic E-state index is 11.1. The molecule has 0 radical (unpaired) electrons. The number of carboxylic acids is 1. The van der Waals surface area contributed by atoms with Crippen LogP contribution in [0.4, 0.5) is 5.69 Å². The second-order valence-electron chi connectivity index (χ2n) is 6.07. The number of nitrogens with zero attached hydrogens (tertiary/aromatic N) is 1. The number of aliphatic carboxylic acids is 1. The van der Waals surface area contributed by atoms with Crippen molar-refractivity contribution in [1.29, 1.82) is 0 Å². The van der Waals surface area contributed by atoms with Gasteiger partial charge in [-0.1, -0.05) is 13.0 Å². The summed E-state index contributed by atoms with van der Waals surface area (Å²) in [7, 11) is 2.06. The van der Waals surface area contributed by atoms with Crippen molar-refractivity contribution in [1.82, 2.24) is 0 Å². The second kappa shape index (κ2) is 5.43. The Labute approximate surface area is 126 Å². The molecule has 0 fully saturated rings. The Morgan fingerprint density at radius 3 is 2.67 bits per heavy atom. The lowest BCUT2D eigenvalue weighted by Gasteiger charge is -2.40. The lowest BCUT2D eigenvalue weighted by atomic mass is 9.89. The molecular formula is C17H23NO3. The molecule has 0 saturated heterocycles. The Morgan fingerprint density at radius 1 is 1.43 bits per heavy atom. The Morgan fingerprint density at radius 2 is 2.10 bits per heavy atom. The molecule has 1 N–H and O–H groups in total. The summed E-state index contributed by atoms with van der Waals surface area (Å²) in [6.45, 7) is 8.22. The fraction of sp³-hybridized carbons (Fsp3) is 0.471. The molecule has 1 aromatic rings. The van der Waals surface area contributed by atoms with Crippen molar-refractivity contribution in [2.24, 2.45) is 0 Å². The normalized spacial score (nSPS) is 17.8. The first kappa shape index (κ1) is 15.4. The number of benzene rings is 1. The number of carbonyl (C=O) groups is 1. The van der Waals surface area contributed by atoms with Gasteiger partial charge < -0.3 is 14.7 Å². The Kier molecular flexibility index (Phi) is 3.99. The van der Waals surface area contributed by atoms with E-state index >= 15 is 0 Å². The first-order valence-corrected chi connectivity index (χ1v) is 7.23. The lowest BCUT2D eigenvalue weighted by Crippen LogP contribution is -2.42. The number of fused-ring (bicyclic) bond motifs is 1. The van der Waals surface area contributed by atoms with Gasteiger partial charge in [0.2, 0.25) is 0 Å². The third-order valence-corrected chi connectivity index (χ3v) is 4.11. The van der Waals surface area contributed by atoms with Gasteiger partial charge in [-0.3, -0.25) is 0 Å². The van der Waals surface area contributed by atoms with E-state index in [1.807, 2.05) is 18.2 Å². The largest absolute Gasteiger partial charge is 0.479 e. The summed E-state index contributed by atoms with van der Waals surface area (Å²) >= 11 is 0. The van der Waals surface area contributed by atoms with Gasteiger partial charge in [0.1, 0.15) is 5.75 Å². The molecule has 1 heterocycles. The third-order valence-electron chi connectivity index (χ3n) is 4.11. The minimum atomic E-state index is -0.930. The lowest BCUT2D eigenvalue weighted by molar-refractivity contribution is -0.145. The summed E-state index contributed by atoms with van der Waals surface area (Å²) in [5.41, 5.74) is 3.37. The average Bonchev–Trinajstić information content (AvgIpc) is 2.41. The number of ether oxygens (including phenoxy) is 1. The number of hydrogen-bond acceptors (Lipinski definition) is 3. The minimum absolute atomic E-state index is 0.0352. The van der Waals surface area contributed by atoms with Crippen molar-refractivity contribution in [2.75, 3.05) is 11.9 Å². The third kappa shape index (κ3) is 2.89. The van der Waals surface area contributed by atoms with Crippen LogP contribution in [0.2, 0.25) is 0 Å². The fourth-order valence-electron chi connectivity index (χ4n) is 2.68. The molecule has 0 saturated carbocycles. The van der Waals surface area contributed by atoms with Gasteiger partial charge in [-0.25, -0.2) is 4.79 Å². The van der Waals surface area contributed by atoms with Crippen LogP contribution < -0.4 is 9.64 Å². The van der Waals surface area contributed by atoms with Gasteiger partial charge in [0.05, 0.1) is 5.54 Å². The summed E-state index contributed by atoms with van der Waals surface area (Å²) < 4.78 is 5.58. The average molecular weight is 289 g/mol. The first-order valence-electron chi connectivity index (χ1n) is 7.23. The molecule has 1 aliphatic rings. The SMILES string of the molecule is CCC(Oc1ccc2c(c1)C(C)=CC(C)(C)N2C)C(=O)O. The van der Waals surface area contributed by atoms with E-state index in [9.17, 15) is 4.79 Å². The summed E-state index contributed by atoms with van der Waals surface area (Å²) in [5.74, 6) is -0.329. The Bertz CT molecular complexity index is 590. The summed E-state index contributed by atoms with van der Waals surface area (Å²) in [6, 6.07) is 5.77. The van der Waals surface area contributed by atoms with E-state index < -0.39 is 12.1 Å². The van der Waals surface area contributed by atoms with Crippen molar-refractivity contribution >= 4 is 17.2 Å². The number of likely N-dealkylation sites (N-methyl/N-ethyl adjacent to an activating group) is 1. The monoisotopic (exact) mass is 289 g/mol. The van der Waals surface area contributed by atoms with E-state index in [0.29, 0.717) is 12.2 Å². The zero-order valence-electron chi connectivity index (χ0n) is 13.3. The van der Waals surface area contributed by atoms with Gasteiger partial charge >= 0.3 is 5.97 Å². The van der Waals surface area contributed by atoms with Gasteiger partial charge in [0.15, 0.2) is 6.10 Å². The van der Waals surface area contributed by atoms with Crippen LogP contribution in [0.3, 0.4) is 0 Å². The zero-order valence-corrected chi connectivity index (χ0v) is 13.3. The van der Waals surface area contributed by atoms with Crippen LogP contribution in [0.1, 0.15) is 39.7 Å². The summed E-state index contributed by atoms with van der Waals surface area (Å²) in [4.78, 5) is 13.3. The minimum Gasteiger partial charge on any atom is -0.479 e. The molecule has 21 heavy (non-hydrogen) atoms. The molecule has 1 aromatic carbocycles. The van der Waals surface area contributed by atoms with Crippen LogP contribution in [-0.4, -0.2) is 29.8 Å². The van der Waals surface area contributed by atoms with Crippen molar-refractivity contribution < 1.29 is 14.6 Å². The van der Waals surface area contributed by atoms with Crippen molar-refractivity contribution in [3.63, 3.8) is 0 Å². The van der Waals surface area contributed by atoms with Crippen LogP contribution in [0.25, 0.3) is 5.57 Å². The standard InChI is InChI=1S/C17H23NO3/c1-6-15(16(19)20)21-12-7-8-14-13(9-12)11(2)10-17(3,4)18(14)5/h7-10,15H,6H2,1-5H3,(H,19,20). The Hall–Kier alpha value is -1.97. The van der Waals surface area contributed by atoms with E-state index in [2.05, 4.69) is 38.8 Å². The van der Waals surface area contributed by atoms with Crippen molar-refractivity contribution in [3.05, 3.63) is 29.8 Å². The number of rotatable bonds is 4. The molecule has 0 bridgehead atoms. The predicted molar refractivity (Wildman–Crippen MR) is 84.9 cm³/mol. The van der Waals surface area contributed by atoms with Crippen LogP contribution >= 0.6 is 0 Å². The first-order chi connectivity index (χ1) is 9.76. The zero-order chi connectivity index (χ0) is 15.8. The maximum absolute atomic E-state index is 11.1. The van der Waals surface area contributed by atoms with Gasteiger partial charge in [0, 0.05) is 18.3 Å². The van der Waals surface area contributed by atoms with E-state index in [-0.39, 0.29) is 5.54 Å². The van der Waals surface area contributed by atoms with E-state index in [0.717, 1.165) is 11.3 Å². The molecule has 1 unspecified atom stereocenters. The molecule has 0 aliphatic carbocycles. The highest BCUT2D eigenvalue weighted by molar-refractivity contribution is 5.82. The predicted octanol–water partition coefficient (Wildman–Crippen LogP) is 3.56. The van der Waals surface area contributed by atoms with Gasteiger partial charge in [-0.15, -0.1) is 0 Å². The van der Waals surface area contributed by atoms with Gasteiger partial charge in [-0.05, 0) is 51.0 Å². The van der Waals surface area contributed by atoms with E-state index in [1.54, 1.807) is 6.92 Å². The molecule has 4 heteroatoms. The van der Waals surface area contributed by atoms with Crippen LogP contribution in [0.5, 0.6) is 5.75 Å². The van der Waals surface area contributed by atoms with Crippen LogP contribution in [-0.2, 0) is 4.79 Å². The van der Waals surface area contributed by atoms with Crippen molar-refractivity contribution in [3.8, 4) is 5.75 Å². The number of hydrogen-bond donors (Lipinski definition) is 1. The molecule has 114 valence electrons. The highest BCUT2D eigenvalue weighted by atomic mass is 16.5. The van der Waals surface area contributed by atoms with E-state index in [1.165, 1.54) is 5.57 Å². The van der Waals surface area contributed by atoms with Crippen molar-refractivity contribution in [2.45, 2.75) is 45.8 Å². The smallest absolute Gasteiger partial charge is 0.344 e. The molecule has 1 atom stereocenters. The molecule has 2 rings (SSSR count). The maximum Gasteiger partial charge on any atom is 0.344 e. The number of allylic oxidation sites excluding steroid dienone is 1. The number of carboxylic acid groups (broad SMARTS) is 1. The molecule has 0 aromatic heterocycles. The molecular weight excluding hydrogens is 266 g/mol. The van der Waals surface area contributed by atoms with Gasteiger partial charge in [0.25, 0.3) is 0 Å². The summed E-state index contributed by atoms with van der Waals surface area (Å²) in [5, 5.41) is 9.09. The summed E-state index contributed by atoms with van der Waals surface area (Å²) in [6.07, 6.45) is 1.85. The second-order valence-corrected chi connectivity index (χ2v) is 6.07. The van der Waals surface area contributed by atoms with Gasteiger partial charge in [-0.2, -0.15) is 0 Å². The van der Waals surface area contributed by atoms with Crippen LogP contribution in [0.15, 0.2) is 24.3 Å². The Balaban J connectivity index is 2.36.